The van der Waals surface area contributed by atoms with Gasteiger partial charge in [-0.2, -0.15) is 0 Å². The number of thioether (sulfide) groups is 1. The van der Waals surface area contributed by atoms with Crippen molar-refractivity contribution in [2.75, 3.05) is 36.5 Å². The number of amides is 1. The number of nitrogens with one attached hydrogen (secondary N) is 3. The van der Waals surface area contributed by atoms with E-state index in [0.717, 1.165) is 47.9 Å². The highest BCUT2D eigenvalue weighted by Gasteiger charge is 2.22. The van der Waals surface area contributed by atoms with Gasteiger partial charge in [0.2, 0.25) is 5.91 Å². The largest absolute Gasteiger partial charge is 0.385 e. The van der Waals surface area contributed by atoms with Gasteiger partial charge in [-0.3, -0.25) is 4.79 Å². The van der Waals surface area contributed by atoms with Gasteiger partial charge in [0.25, 0.3) is 0 Å². The lowest BCUT2D eigenvalue weighted by molar-refractivity contribution is -0.119. The van der Waals surface area contributed by atoms with Crippen LogP contribution in [0.2, 0.25) is 0 Å². The zero-order chi connectivity index (χ0) is 17.2. The summed E-state index contributed by atoms with van der Waals surface area (Å²) in [5, 5.41) is 9.56. The molecule has 1 unspecified atom stereocenters. The van der Waals surface area contributed by atoms with E-state index in [-0.39, 0.29) is 11.8 Å². The van der Waals surface area contributed by atoms with Gasteiger partial charge in [-0.15, -0.1) is 11.8 Å². The number of hydrogen-bond donors (Lipinski definition) is 3. The molecule has 4 nitrogen and oxygen atoms in total. The summed E-state index contributed by atoms with van der Waals surface area (Å²) in [6, 6.07) is 5.94. The minimum absolute atomic E-state index is 0.0772. The van der Waals surface area contributed by atoms with Crippen molar-refractivity contribution in [1.29, 1.82) is 0 Å². The van der Waals surface area contributed by atoms with Gasteiger partial charge in [0.1, 0.15) is 0 Å². The SMILES string of the molecule is C=C(SC)c1ccc(NC(=O)C2CCNC2)cc1NCC.CC. The summed E-state index contributed by atoms with van der Waals surface area (Å²) >= 11 is 1.63. The van der Waals surface area contributed by atoms with Gasteiger partial charge in [0, 0.05) is 34.9 Å². The molecule has 0 aromatic heterocycles. The maximum absolute atomic E-state index is 12.2. The van der Waals surface area contributed by atoms with Crippen LogP contribution in [0.4, 0.5) is 11.4 Å². The molecule has 23 heavy (non-hydrogen) atoms. The molecule has 3 N–H and O–H groups in total. The predicted octanol–water partition coefficient (Wildman–Crippen LogP) is 4.03. The lowest BCUT2D eigenvalue weighted by atomic mass is 10.1. The van der Waals surface area contributed by atoms with Crippen molar-refractivity contribution < 1.29 is 4.79 Å². The Labute approximate surface area is 144 Å². The standard InChI is InChI=1S/C16H23N3OS.C2H6/c1-4-18-15-9-13(5-6-14(15)11(2)21-3)19-16(20)12-7-8-17-10-12;1-2/h5-6,9,12,17-18H,2,4,7-8,10H2,1,3H3,(H,19,20);1-2H3. The fourth-order valence-corrected chi connectivity index (χ4v) is 2.83. The summed E-state index contributed by atoms with van der Waals surface area (Å²) < 4.78 is 0. The van der Waals surface area contributed by atoms with Crippen molar-refractivity contribution >= 4 is 33.9 Å². The van der Waals surface area contributed by atoms with E-state index in [9.17, 15) is 4.79 Å². The van der Waals surface area contributed by atoms with Crippen LogP contribution in [0.5, 0.6) is 0 Å². The van der Waals surface area contributed by atoms with E-state index < -0.39 is 0 Å². The molecule has 0 aliphatic carbocycles. The number of rotatable bonds is 6. The topological polar surface area (TPSA) is 53.2 Å². The second-order valence-electron chi connectivity index (χ2n) is 5.10. The first kappa shape index (κ1) is 19.6. The van der Waals surface area contributed by atoms with Crippen LogP contribution < -0.4 is 16.0 Å². The zero-order valence-electron chi connectivity index (χ0n) is 14.7. The molecule has 0 bridgehead atoms. The maximum Gasteiger partial charge on any atom is 0.228 e. The Morgan fingerprint density at radius 1 is 1.43 bits per heavy atom. The number of carbonyl (C=O) groups is 1. The first-order valence-corrected chi connectivity index (χ1v) is 9.51. The fourth-order valence-electron chi connectivity index (χ4n) is 2.43. The normalized spacial score (nSPS) is 16.3. The molecule has 128 valence electrons. The van der Waals surface area contributed by atoms with Gasteiger partial charge in [-0.05, 0) is 44.3 Å². The van der Waals surface area contributed by atoms with Gasteiger partial charge in [0.05, 0.1) is 5.92 Å². The van der Waals surface area contributed by atoms with E-state index in [2.05, 4.69) is 29.5 Å². The van der Waals surface area contributed by atoms with Crippen molar-refractivity contribution in [1.82, 2.24) is 5.32 Å². The Kier molecular flexibility index (Phi) is 8.81. The molecule has 1 heterocycles. The molecular weight excluding hydrogens is 306 g/mol. The Hall–Kier alpha value is -1.46. The van der Waals surface area contributed by atoms with Gasteiger partial charge in [-0.25, -0.2) is 0 Å². The second-order valence-corrected chi connectivity index (χ2v) is 6.00. The molecule has 1 aliphatic heterocycles. The molecule has 1 atom stereocenters. The van der Waals surface area contributed by atoms with Crippen molar-refractivity contribution in [2.45, 2.75) is 27.2 Å². The Morgan fingerprint density at radius 3 is 2.74 bits per heavy atom. The highest BCUT2D eigenvalue weighted by molar-refractivity contribution is 8.07. The highest BCUT2D eigenvalue weighted by atomic mass is 32.2. The van der Waals surface area contributed by atoms with Crippen molar-refractivity contribution in [3.05, 3.63) is 30.3 Å². The van der Waals surface area contributed by atoms with Crippen LogP contribution in [0.3, 0.4) is 0 Å². The van der Waals surface area contributed by atoms with Gasteiger partial charge in [-0.1, -0.05) is 20.4 Å². The van der Waals surface area contributed by atoms with Crippen LogP contribution >= 0.6 is 11.8 Å². The molecule has 1 saturated heterocycles. The third kappa shape index (κ3) is 5.59. The van der Waals surface area contributed by atoms with Crippen molar-refractivity contribution in [3.63, 3.8) is 0 Å². The van der Waals surface area contributed by atoms with E-state index in [1.807, 2.05) is 38.3 Å². The third-order valence-electron chi connectivity index (χ3n) is 3.63. The average molecular weight is 336 g/mol. The van der Waals surface area contributed by atoms with Crippen molar-refractivity contribution in [3.8, 4) is 0 Å². The Morgan fingerprint density at radius 2 is 2.17 bits per heavy atom. The van der Waals surface area contributed by atoms with Gasteiger partial charge in [0.15, 0.2) is 0 Å². The molecule has 0 radical (unpaired) electrons. The molecule has 5 heteroatoms. The van der Waals surface area contributed by atoms with Gasteiger partial charge < -0.3 is 16.0 Å². The minimum atomic E-state index is 0.0772. The molecule has 1 aromatic carbocycles. The molecule has 0 saturated carbocycles. The summed E-state index contributed by atoms with van der Waals surface area (Å²) in [6.45, 7) is 12.7. The van der Waals surface area contributed by atoms with Gasteiger partial charge >= 0.3 is 0 Å². The van der Waals surface area contributed by atoms with Crippen LogP contribution in [0.25, 0.3) is 4.91 Å². The summed E-state index contributed by atoms with van der Waals surface area (Å²) in [5.74, 6) is 0.173. The van der Waals surface area contributed by atoms with E-state index >= 15 is 0 Å². The summed E-state index contributed by atoms with van der Waals surface area (Å²) in [7, 11) is 0. The van der Waals surface area contributed by atoms with Crippen LogP contribution in [-0.4, -0.2) is 31.8 Å². The molecule has 1 aliphatic rings. The van der Waals surface area contributed by atoms with E-state index in [0.29, 0.717) is 0 Å². The van der Waals surface area contributed by atoms with Crippen molar-refractivity contribution in [2.24, 2.45) is 5.92 Å². The lowest BCUT2D eigenvalue weighted by Crippen LogP contribution is -2.24. The molecule has 1 aromatic rings. The summed E-state index contributed by atoms with van der Waals surface area (Å²) in [6.07, 6.45) is 2.92. The first-order chi connectivity index (χ1) is 11.2. The number of hydrogen-bond acceptors (Lipinski definition) is 4. The predicted molar refractivity (Wildman–Crippen MR) is 104 cm³/mol. The molecule has 0 spiro atoms. The van der Waals surface area contributed by atoms with Crippen LogP contribution in [0.1, 0.15) is 32.8 Å². The minimum Gasteiger partial charge on any atom is -0.385 e. The van der Waals surface area contributed by atoms with Crippen LogP contribution in [-0.2, 0) is 4.79 Å². The molecule has 2 rings (SSSR count). The monoisotopic (exact) mass is 335 g/mol. The number of carbonyl (C=O) groups excluding carboxylic acids is 1. The zero-order valence-corrected chi connectivity index (χ0v) is 15.5. The molecular formula is C18H29N3OS. The number of anilines is 2. The number of benzene rings is 1. The van der Waals surface area contributed by atoms with E-state index in [1.165, 1.54) is 0 Å². The molecule has 1 amide bonds. The Bertz CT molecular complexity index is 525. The third-order valence-corrected chi connectivity index (χ3v) is 4.34. The highest BCUT2D eigenvalue weighted by Crippen LogP contribution is 2.32. The second kappa shape index (κ2) is 10.3. The summed E-state index contributed by atoms with van der Waals surface area (Å²) in [4.78, 5) is 13.2. The van der Waals surface area contributed by atoms with Crippen LogP contribution in [0.15, 0.2) is 24.8 Å². The Balaban J connectivity index is 0.00000127. The van der Waals surface area contributed by atoms with E-state index in [4.69, 9.17) is 0 Å². The molecule has 1 fully saturated rings. The van der Waals surface area contributed by atoms with E-state index in [1.54, 1.807) is 11.8 Å². The lowest BCUT2D eigenvalue weighted by Gasteiger charge is -2.15. The van der Waals surface area contributed by atoms with Crippen LogP contribution in [0, 0.1) is 5.92 Å². The average Bonchev–Trinajstić information content (AvgIpc) is 3.11. The first-order valence-electron chi connectivity index (χ1n) is 8.28. The smallest absolute Gasteiger partial charge is 0.228 e. The summed E-state index contributed by atoms with van der Waals surface area (Å²) in [5.41, 5.74) is 2.93. The quantitative estimate of drug-likeness (QED) is 0.735. The fraction of sp³-hybridized carbons (Fsp3) is 0.500. The maximum atomic E-state index is 12.2.